The third kappa shape index (κ3) is 2.75. The third-order valence-electron chi connectivity index (χ3n) is 3.20. The van der Waals surface area contributed by atoms with Crippen LogP contribution in [-0.4, -0.2) is 15.2 Å². The predicted octanol–water partition coefficient (Wildman–Crippen LogP) is 2.71. The molecule has 0 fully saturated rings. The van der Waals surface area contributed by atoms with Gasteiger partial charge in [-0.05, 0) is 5.56 Å². The van der Waals surface area contributed by atoms with Crippen LogP contribution in [0.5, 0.6) is 0 Å². The number of nitrogens with two attached hydrogens (primary N) is 1. The van der Waals surface area contributed by atoms with Gasteiger partial charge in [-0.15, -0.1) is 0 Å². The topological polar surface area (TPSA) is 67.6 Å². The first-order valence-corrected chi connectivity index (χ1v) is 6.60. The summed E-state index contributed by atoms with van der Waals surface area (Å²) in [6, 6.07) is 19.8. The normalized spacial score (nSPS) is 12.2. The number of aromatic amines is 1. The molecule has 0 spiro atoms. The molecule has 3 aromatic rings. The van der Waals surface area contributed by atoms with Gasteiger partial charge in [0.2, 0.25) is 0 Å². The maximum absolute atomic E-state index is 6.19. The largest absolute Gasteiger partial charge is 0.324 e. The SMILES string of the molecule is NC(Cc1nc(-c2ccccc2)n[nH]1)c1ccccc1. The van der Waals surface area contributed by atoms with E-state index in [0.717, 1.165) is 17.0 Å². The van der Waals surface area contributed by atoms with Crippen LogP contribution in [0.4, 0.5) is 0 Å². The molecule has 0 saturated heterocycles. The Morgan fingerprint density at radius 3 is 2.30 bits per heavy atom. The summed E-state index contributed by atoms with van der Waals surface area (Å²) < 4.78 is 0. The molecule has 0 aliphatic carbocycles. The molecule has 0 aliphatic rings. The van der Waals surface area contributed by atoms with Crippen molar-refractivity contribution < 1.29 is 0 Å². The minimum Gasteiger partial charge on any atom is -0.324 e. The first kappa shape index (κ1) is 12.6. The Balaban J connectivity index is 1.75. The Kier molecular flexibility index (Phi) is 3.56. The minimum atomic E-state index is -0.0761. The lowest BCUT2D eigenvalue weighted by Gasteiger charge is -2.09. The minimum absolute atomic E-state index is 0.0761. The van der Waals surface area contributed by atoms with Gasteiger partial charge in [-0.2, -0.15) is 5.10 Å². The first-order valence-electron chi connectivity index (χ1n) is 6.60. The van der Waals surface area contributed by atoms with E-state index in [-0.39, 0.29) is 6.04 Å². The fourth-order valence-corrected chi connectivity index (χ4v) is 2.13. The molecule has 0 radical (unpaired) electrons. The second kappa shape index (κ2) is 5.67. The number of hydrogen-bond acceptors (Lipinski definition) is 3. The zero-order chi connectivity index (χ0) is 13.8. The molecule has 0 bridgehead atoms. The van der Waals surface area contributed by atoms with E-state index in [1.165, 1.54) is 0 Å². The average Bonchev–Trinajstić information content (AvgIpc) is 2.97. The Labute approximate surface area is 117 Å². The van der Waals surface area contributed by atoms with Crippen LogP contribution in [0.3, 0.4) is 0 Å². The predicted molar refractivity (Wildman–Crippen MR) is 78.9 cm³/mol. The fraction of sp³-hybridized carbons (Fsp3) is 0.125. The molecule has 3 rings (SSSR count). The van der Waals surface area contributed by atoms with Crippen molar-refractivity contribution in [3.05, 3.63) is 72.1 Å². The van der Waals surface area contributed by atoms with Crippen LogP contribution in [0.1, 0.15) is 17.4 Å². The number of nitrogens with zero attached hydrogens (tertiary/aromatic N) is 2. The standard InChI is InChI=1S/C16H16N4/c17-14(12-7-3-1-4-8-12)11-15-18-16(20-19-15)13-9-5-2-6-10-13/h1-10,14H,11,17H2,(H,18,19,20). The number of aromatic nitrogens is 3. The summed E-state index contributed by atoms with van der Waals surface area (Å²) in [5, 5.41) is 7.21. The highest BCUT2D eigenvalue weighted by Crippen LogP contribution is 2.17. The molecule has 0 amide bonds. The highest BCUT2D eigenvalue weighted by Gasteiger charge is 2.11. The van der Waals surface area contributed by atoms with Gasteiger partial charge >= 0.3 is 0 Å². The summed E-state index contributed by atoms with van der Waals surface area (Å²) in [6.45, 7) is 0. The van der Waals surface area contributed by atoms with Gasteiger partial charge in [0.05, 0.1) is 0 Å². The molecule has 0 aliphatic heterocycles. The van der Waals surface area contributed by atoms with Gasteiger partial charge < -0.3 is 5.73 Å². The van der Waals surface area contributed by atoms with Gasteiger partial charge in [-0.1, -0.05) is 60.7 Å². The summed E-state index contributed by atoms with van der Waals surface area (Å²) in [7, 11) is 0. The van der Waals surface area contributed by atoms with E-state index in [1.807, 2.05) is 60.7 Å². The summed E-state index contributed by atoms with van der Waals surface area (Å²) in [5.41, 5.74) is 8.29. The van der Waals surface area contributed by atoms with E-state index in [0.29, 0.717) is 12.2 Å². The molecule has 1 unspecified atom stereocenters. The molecule has 20 heavy (non-hydrogen) atoms. The Morgan fingerprint density at radius 2 is 1.60 bits per heavy atom. The second-order valence-corrected chi connectivity index (χ2v) is 4.69. The molecular weight excluding hydrogens is 248 g/mol. The monoisotopic (exact) mass is 264 g/mol. The number of H-pyrrole nitrogens is 1. The smallest absolute Gasteiger partial charge is 0.181 e. The lowest BCUT2D eigenvalue weighted by atomic mass is 10.0. The van der Waals surface area contributed by atoms with E-state index in [1.54, 1.807) is 0 Å². The molecular formula is C16H16N4. The van der Waals surface area contributed by atoms with Crippen LogP contribution < -0.4 is 5.73 Å². The number of nitrogens with one attached hydrogen (secondary N) is 1. The maximum atomic E-state index is 6.19. The van der Waals surface area contributed by atoms with E-state index >= 15 is 0 Å². The Hall–Kier alpha value is -2.46. The van der Waals surface area contributed by atoms with Crippen molar-refractivity contribution in [2.24, 2.45) is 5.73 Å². The first-order chi connectivity index (χ1) is 9.83. The van der Waals surface area contributed by atoms with Crippen molar-refractivity contribution in [2.75, 3.05) is 0 Å². The molecule has 4 heteroatoms. The maximum Gasteiger partial charge on any atom is 0.181 e. The van der Waals surface area contributed by atoms with E-state index in [9.17, 15) is 0 Å². The van der Waals surface area contributed by atoms with Crippen molar-refractivity contribution in [2.45, 2.75) is 12.5 Å². The van der Waals surface area contributed by atoms with E-state index in [2.05, 4.69) is 15.2 Å². The van der Waals surface area contributed by atoms with E-state index in [4.69, 9.17) is 5.73 Å². The van der Waals surface area contributed by atoms with Crippen LogP contribution in [0.25, 0.3) is 11.4 Å². The van der Waals surface area contributed by atoms with Gasteiger partial charge in [0, 0.05) is 18.0 Å². The molecule has 100 valence electrons. The lowest BCUT2D eigenvalue weighted by molar-refractivity contribution is 0.690. The number of hydrogen-bond donors (Lipinski definition) is 2. The second-order valence-electron chi connectivity index (χ2n) is 4.69. The van der Waals surface area contributed by atoms with Gasteiger partial charge in [-0.25, -0.2) is 4.98 Å². The van der Waals surface area contributed by atoms with E-state index < -0.39 is 0 Å². The fourth-order valence-electron chi connectivity index (χ4n) is 2.13. The van der Waals surface area contributed by atoms with Crippen LogP contribution in [-0.2, 0) is 6.42 Å². The summed E-state index contributed by atoms with van der Waals surface area (Å²) in [4.78, 5) is 4.50. The van der Waals surface area contributed by atoms with Gasteiger partial charge in [-0.3, -0.25) is 5.10 Å². The van der Waals surface area contributed by atoms with Crippen LogP contribution in [0, 0.1) is 0 Å². The molecule has 1 aromatic heterocycles. The van der Waals surface area contributed by atoms with Crippen molar-refractivity contribution in [1.29, 1.82) is 0 Å². The van der Waals surface area contributed by atoms with Gasteiger partial charge in [0.1, 0.15) is 5.82 Å². The highest BCUT2D eigenvalue weighted by molar-refractivity contribution is 5.53. The summed E-state index contributed by atoms with van der Waals surface area (Å²) >= 11 is 0. The molecule has 3 N–H and O–H groups in total. The van der Waals surface area contributed by atoms with Crippen LogP contribution in [0.2, 0.25) is 0 Å². The Bertz CT molecular complexity index is 661. The van der Waals surface area contributed by atoms with Crippen molar-refractivity contribution >= 4 is 0 Å². The van der Waals surface area contributed by atoms with Crippen molar-refractivity contribution in [1.82, 2.24) is 15.2 Å². The molecule has 2 aromatic carbocycles. The summed E-state index contributed by atoms with van der Waals surface area (Å²) in [5.74, 6) is 1.51. The lowest BCUT2D eigenvalue weighted by Crippen LogP contribution is -2.14. The van der Waals surface area contributed by atoms with Gasteiger partial charge in [0.15, 0.2) is 5.82 Å². The average molecular weight is 264 g/mol. The molecule has 1 atom stereocenters. The van der Waals surface area contributed by atoms with Crippen LogP contribution in [0.15, 0.2) is 60.7 Å². The molecule has 4 nitrogen and oxygen atoms in total. The highest BCUT2D eigenvalue weighted by atomic mass is 15.2. The number of benzene rings is 2. The van der Waals surface area contributed by atoms with Crippen molar-refractivity contribution in [3.63, 3.8) is 0 Å². The zero-order valence-corrected chi connectivity index (χ0v) is 11.0. The van der Waals surface area contributed by atoms with Gasteiger partial charge in [0.25, 0.3) is 0 Å². The third-order valence-corrected chi connectivity index (χ3v) is 3.20. The zero-order valence-electron chi connectivity index (χ0n) is 11.0. The summed E-state index contributed by atoms with van der Waals surface area (Å²) in [6.07, 6.45) is 0.643. The molecule has 0 saturated carbocycles. The number of rotatable bonds is 4. The Morgan fingerprint density at radius 1 is 0.950 bits per heavy atom. The molecule has 1 heterocycles. The quantitative estimate of drug-likeness (QED) is 0.761. The van der Waals surface area contributed by atoms with Crippen molar-refractivity contribution in [3.8, 4) is 11.4 Å². The van der Waals surface area contributed by atoms with Crippen LogP contribution >= 0.6 is 0 Å².